The molecule has 2 N–H and O–H groups in total. The Hall–Kier alpha value is -4.14. The number of amides is 4. The van der Waals surface area contributed by atoms with E-state index in [0.29, 0.717) is 24.3 Å². The van der Waals surface area contributed by atoms with Crippen molar-refractivity contribution < 1.29 is 19.2 Å². The number of nitrogens with one attached hydrogen (secondary N) is 2. The molecule has 0 spiro atoms. The summed E-state index contributed by atoms with van der Waals surface area (Å²) in [6.07, 6.45) is 3.43. The summed E-state index contributed by atoms with van der Waals surface area (Å²) in [5.74, 6) is -1.28. The molecule has 4 amide bonds. The van der Waals surface area contributed by atoms with Crippen LogP contribution in [-0.4, -0.2) is 51.1 Å². The van der Waals surface area contributed by atoms with Gasteiger partial charge in [-0.25, -0.2) is 4.98 Å². The summed E-state index contributed by atoms with van der Waals surface area (Å²) in [7, 11) is 0. The van der Waals surface area contributed by atoms with Crippen LogP contribution in [0.1, 0.15) is 45.5 Å². The second-order valence-corrected chi connectivity index (χ2v) is 8.10. The fraction of sp³-hybridized carbons (Fsp3) is 0.250. The summed E-state index contributed by atoms with van der Waals surface area (Å²) >= 11 is 0. The van der Waals surface area contributed by atoms with Crippen LogP contribution in [-0.2, 0) is 16.0 Å². The zero-order valence-corrected chi connectivity index (χ0v) is 17.7. The van der Waals surface area contributed by atoms with E-state index in [1.165, 1.54) is 0 Å². The molecule has 2 aliphatic rings. The van der Waals surface area contributed by atoms with Gasteiger partial charge in [-0.2, -0.15) is 0 Å². The molecule has 0 saturated carbocycles. The number of carbonyl (C=O) groups excluding carboxylic acids is 4. The van der Waals surface area contributed by atoms with Crippen LogP contribution in [0.2, 0.25) is 0 Å². The zero-order valence-electron chi connectivity index (χ0n) is 17.7. The van der Waals surface area contributed by atoms with E-state index in [1.54, 1.807) is 18.3 Å². The third kappa shape index (κ3) is 3.93. The molecule has 9 heteroatoms. The Bertz CT molecular complexity index is 1310. The number of piperidine rings is 1. The molecule has 0 radical (unpaired) electrons. The van der Waals surface area contributed by atoms with Gasteiger partial charge in [-0.15, -0.1) is 0 Å². The number of fused-ring (bicyclic) bond motifs is 2. The van der Waals surface area contributed by atoms with Crippen LogP contribution in [0, 0.1) is 0 Å². The third-order valence-electron chi connectivity index (χ3n) is 5.90. The van der Waals surface area contributed by atoms with Crippen molar-refractivity contribution in [2.24, 2.45) is 0 Å². The molecular formula is C24H21N5O4. The van der Waals surface area contributed by atoms with Crippen molar-refractivity contribution in [2.45, 2.75) is 31.7 Å². The van der Waals surface area contributed by atoms with Crippen molar-refractivity contribution in [3.63, 3.8) is 0 Å². The van der Waals surface area contributed by atoms with Gasteiger partial charge in [0.05, 0.1) is 28.4 Å². The predicted molar refractivity (Wildman–Crippen MR) is 119 cm³/mol. The van der Waals surface area contributed by atoms with Gasteiger partial charge in [-0.3, -0.25) is 34.4 Å². The van der Waals surface area contributed by atoms with E-state index in [1.807, 2.05) is 30.3 Å². The van der Waals surface area contributed by atoms with Gasteiger partial charge in [-0.1, -0.05) is 18.2 Å². The molecule has 1 unspecified atom stereocenters. The molecule has 0 bridgehead atoms. The molecule has 33 heavy (non-hydrogen) atoms. The van der Waals surface area contributed by atoms with Gasteiger partial charge in [0, 0.05) is 13.0 Å². The lowest BCUT2D eigenvalue weighted by molar-refractivity contribution is -0.136. The van der Waals surface area contributed by atoms with Crippen LogP contribution in [0.5, 0.6) is 0 Å². The monoisotopic (exact) mass is 443 g/mol. The highest BCUT2D eigenvalue weighted by molar-refractivity contribution is 6.23. The summed E-state index contributed by atoms with van der Waals surface area (Å²) in [6, 6.07) is 11.9. The average Bonchev–Trinajstić information content (AvgIpc) is 3.06. The maximum atomic E-state index is 12.9. The lowest BCUT2D eigenvalue weighted by Gasteiger charge is -2.27. The SMILES string of the molecule is O=C1CCC(N2C(=O)c3ccc(CCCNc4cnc5ccccc5n4)cc3C2=O)C(=O)N1. The molecule has 0 aliphatic carbocycles. The van der Waals surface area contributed by atoms with E-state index in [9.17, 15) is 19.2 Å². The summed E-state index contributed by atoms with van der Waals surface area (Å²) in [5, 5.41) is 5.46. The quantitative estimate of drug-likeness (QED) is 0.442. The Morgan fingerprint density at radius 2 is 1.79 bits per heavy atom. The number of nitrogens with zero attached hydrogens (tertiary/aromatic N) is 3. The molecule has 1 fully saturated rings. The second kappa shape index (κ2) is 8.42. The van der Waals surface area contributed by atoms with Gasteiger partial charge >= 0.3 is 0 Å². The smallest absolute Gasteiger partial charge is 0.262 e. The largest absolute Gasteiger partial charge is 0.369 e. The minimum Gasteiger partial charge on any atom is -0.369 e. The van der Waals surface area contributed by atoms with E-state index in [0.717, 1.165) is 27.9 Å². The van der Waals surface area contributed by atoms with Crippen LogP contribution in [0.15, 0.2) is 48.7 Å². The number of benzene rings is 2. The number of rotatable bonds is 6. The topological polar surface area (TPSA) is 121 Å². The summed E-state index contributed by atoms with van der Waals surface area (Å²) < 4.78 is 0. The van der Waals surface area contributed by atoms with Crippen molar-refractivity contribution in [3.8, 4) is 0 Å². The molecule has 9 nitrogen and oxygen atoms in total. The summed E-state index contributed by atoms with van der Waals surface area (Å²) in [4.78, 5) is 59.2. The highest BCUT2D eigenvalue weighted by atomic mass is 16.2. The minimum absolute atomic E-state index is 0.101. The van der Waals surface area contributed by atoms with Gasteiger partial charge in [0.1, 0.15) is 11.9 Å². The summed E-state index contributed by atoms with van der Waals surface area (Å²) in [5.41, 5.74) is 3.18. The lowest BCUT2D eigenvalue weighted by Crippen LogP contribution is -2.54. The number of imide groups is 2. The maximum absolute atomic E-state index is 12.9. The molecule has 3 aromatic rings. The van der Waals surface area contributed by atoms with Crippen molar-refractivity contribution in [1.82, 2.24) is 20.2 Å². The number of hydrogen-bond donors (Lipinski definition) is 2. The Morgan fingerprint density at radius 3 is 2.61 bits per heavy atom. The molecular weight excluding hydrogens is 422 g/mol. The normalized spacial score (nSPS) is 17.9. The third-order valence-corrected chi connectivity index (χ3v) is 5.90. The lowest BCUT2D eigenvalue weighted by atomic mass is 10.0. The molecule has 1 atom stereocenters. The molecule has 166 valence electrons. The van der Waals surface area contributed by atoms with Gasteiger partial charge in [0.25, 0.3) is 11.8 Å². The Balaban J connectivity index is 1.22. The maximum Gasteiger partial charge on any atom is 0.262 e. The number of para-hydroxylation sites is 2. The van der Waals surface area contributed by atoms with E-state index in [2.05, 4.69) is 20.6 Å². The fourth-order valence-electron chi connectivity index (χ4n) is 4.23. The van der Waals surface area contributed by atoms with E-state index < -0.39 is 29.7 Å². The fourth-order valence-corrected chi connectivity index (χ4v) is 4.23. The van der Waals surface area contributed by atoms with Gasteiger partial charge < -0.3 is 5.32 Å². The van der Waals surface area contributed by atoms with Crippen LogP contribution in [0.3, 0.4) is 0 Å². The molecule has 1 saturated heterocycles. The summed E-state index contributed by atoms with van der Waals surface area (Å²) in [6.45, 7) is 0.666. The first-order chi connectivity index (χ1) is 16.0. The number of anilines is 1. The zero-order chi connectivity index (χ0) is 22.9. The first kappa shape index (κ1) is 20.7. The van der Waals surface area contributed by atoms with Crippen molar-refractivity contribution in [1.29, 1.82) is 0 Å². The molecule has 2 aliphatic heterocycles. The number of hydrogen-bond acceptors (Lipinski definition) is 7. The highest BCUT2D eigenvalue weighted by Crippen LogP contribution is 2.28. The van der Waals surface area contributed by atoms with Gasteiger partial charge in [-0.05, 0) is 49.1 Å². The molecule has 3 heterocycles. The molecule has 5 rings (SSSR count). The van der Waals surface area contributed by atoms with E-state index >= 15 is 0 Å². The van der Waals surface area contributed by atoms with E-state index in [4.69, 9.17) is 0 Å². The van der Waals surface area contributed by atoms with Crippen LogP contribution < -0.4 is 10.6 Å². The van der Waals surface area contributed by atoms with Crippen LogP contribution in [0.25, 0.3) is 11.0 Å². The van der Waals surface area contributed by atoms with Gasteiger partial charge in [0.2, 0.25) is 11.8 Å². The van der Waals surface area contributed by atoms with Crippen molar-refractivity contribution in [2.75, 3.05) is 11.9 Å². The van der Waals surface area contributed by atoms with Gasteiger partial charge in [0.15, 0.2) is 0 Å². The minimum atomic E-state index is -0.953. The number of aromatic nitrogens is 2. The molecule has 1 aromatic heterocycles. The Morgan fingerprint density at radius 1 is 1.00 bits per heavy atom. The molecule has 2 aromatic carbocycles. The van der Waals surface area contributed by atoms with E-state index in [-0.39, 0.29) is 18.4 Å². The Labute approximate surface area is 189 Å². The highest BCUT2D eigenvalue weighted by Gasteiger charge is 2.44. The standard InChI is InChI=1S/C24H21N5O4/c30-21-10-9-19(22(31)28-21)29-23(32)15-8-7-14(12-16(15)24(29)33)4-3-11-25-20-13-26-17-5-1-2-6-18(17)27-20/h1-2,5-8,12-13,19H,3-4,9-11H2,(H,25,27)(H,28,30,31). The Kier molecular flexibility index (Phi) is 5.29. The number of carbonyl (C=O) groups is 4. The average molecular weight is 443 g/mol. The number of aryl methyl sites for hydroxylation is 1. The second-order valence-electron chi connectivity index (χ2n) is 8.10. The first-order valence-electron chi connectivity index (χ1n) is 10.8. The van der Waals surface area contributed by atoms with Crippen molar-refractivity contribution in [3.05, 3.63) is 65.4 Å². The predicted octanol–water partition coefficient (Wildman–Crippen LogP) is 2.08. The van der Waals surface area contributed by atoms with Crippen LogP contribution in [0.4, 0.5) is 5.82 Å². The van der Waals surface area contributed by atoms with Crippen molar-refractivity contribution >= 4 is 40.5 Å². The van der Waals surface area contributed by atoms with Crippen LogP contribution >= 0.6 is 0 Å². The first-order valence-corrected chi connectivity index (χ1v) is 10.8.